The zero-order chi connectivity index (χ0) is 12.1. The van der Waals surface area contributed by atoms with Crippen LogP contribution in [0.15, 0.2) is 30.9 Å². The average molecular weight is 247 g/mol. The predicted octanol–water partition coefficient (Wildman–Crippen LogP) is 4.20. The molecule has 0 bridgehead atoms. The molecular formula is C14H17NOS. The van der Waals surface area contributed by atoms with Crippen molar-refractivity contribution >= 4 is 21.6 Å². The summed E-state index contributed by atoms with van der Waals surface area (Å²) in [6.45, 7) is 3.73. The first kappa shape index (κ1) is 12.1. The number of fused-ring (bicyclic) bond motifs is 1. The first-order chi connectivity index (χ1) is 8.33. The molecule has 0 spiro atoms. The topological polar surface area (TPSA) is 22.1 Å². The number of ether oxygens (including phenoxy) is 1. The Kier molecular flexibility index (Phi) is 4.15. The van der Waals surface area contributed by atoms with E-state index >= 15 is 0 Å². The fraction of sp³-hybridized carbons (Fsp3) is 0.357. The molecule has 0 radical (unpaired) electrons. The largest absolute Gasteiger partial charge is 0.497 e. The molecule has 0 fully saturated rings. The summed E-state index contributed by atoms with van der Waals surface area (Å²) in [5.41, 5.74) is 1.05. The summed E-state index contributed by atoms with van der Waals surface area (Å²) in [6, 6.07) is 6.07. The van der Waals surface area contributed by atoms with Crippen LogP contribution in [0.2, 0.25) is 0 Å². The van der Waals surface area contributed by atoms with Gasteiger partial charge in [-0.25, -0.2) is 4.98 Å². The number of aromatic nitrogens is 1. The number of aryl methyl sites for hydroxylation is 1. The first-order valence-corrected chi connectivity index (χ1v) is 6.69. The quantitative estimate of drug-likeness (QED) is 0.563. The molecule has 17 heavy (non-hydrogen) atoms. The number of nitrogens with zero attached hydrogens (tertiary/aromatic N) is 1. The number of hydrogen-bond acceptors (Lipinski definition) is 3. The lowest BCUT2D eigenvalue weighted by molar-refractivity contribution is 0.415. The van der Waals surface area contributed by atoms with E-state index in [-0.39, 0.29) is 0 Å². The van der Waals surface area contributed by atoms with Gasteiger partial charge in [0.05, 0.1) is 22.3 Å². The van der Waals surface area contributed by atoms with Crippen LogP contribution in [-0.4, -0.2) is 12.1 Å². The standard InChI is InChI=1S/C14H17NOS/c1-3-4-5-6-7-14-15-12-10-11(16-2)8-9-13(12)17-14/h3,8-10H,1,4-7H2,2H3. The van der Waals surface area contributed by atoms with Crippen molar-refractivity contribution in [2.75, 3.05) is 7.11 Å². The van der Waals surface area contributed by atoms with E-state index in [0.717, 1.165) is 24.1 Å². The zero-order valence-electron chi connectivity index (χ0n) is 10.1. The summed E-state index contributed by atoms with van der Waals surface area (Å²) in [6.07, 6.45) is 6.52. The Morgan fingerprint density at radius 2 is 2.29 bits per heavy atom. The Morgan fingerprint density at radius 3 is 3.06 bits per heavy atom. The molecule has 1 aromatic carbocycles. The molecule has 0 saturated carbocycles. The van der Waals surface area contributed by atoms with Gasteiger partial charge in [0.1, 0.15) is 5.75 Å². The summed E-state index contributed by atoms with van der Waals surface area (Å²) in [7, 11) is 1.68. The van der Waals surface area contributed by atoms with E-state index in [1.165, 1.54) is 22.5 Å². The molecule has 0 atom stereocenters. The maximum atomic E-state index is 5.20. The molecule has 0 aliphatic heterocycles. The number of methoxy groups -OCH3 is 1. The second kappa shape index (κ2) is 5.82. The van der Waals surface area contributed by atoms with Crippen molar-refractivity contribution in [3.05, 3.63) is 35.9 Å². The van der Waals surface area contributed by atoms with Crippen LogP contribution in [0.5, 0.6) is 5.75 Å². The lowest BCUT2D eigenvalue weighted by atomic mass is 10.2. The van der Waals surface area contributed by atoms with Gasteiger partial charge in [0.15, 0.2) is 0 Å². The normalized spacial score (nSPS) is 10.6. The second-order valence-electron chi connectivity index (χ2n) is 3.98. The second-order valence-corrected chi connectivity index (χ2v) is 5.09. The van der Waals surface area contributed by atoms with Crippen molar-refractivity contribution in [2.45, 2.75) is 25.7 Å². The Bertz CT molecular complexity index is 504. The Labute approximate surface area is 106 Å². The minimum atomic E-state index is 0.876. The van der Waals surface area contributed by atoms with Gasteiger partial charge in [0.2, 0.25) is 0 Å². The molecule has 90 valence electrons. The van der Waals surface area contributed by atoms with Crippen LogP contribution in [-0.2, 0) is 6.42 Å². The van der Waals surface area contributed by atoms with Gasteiger partial charge in [-0.3, -0.25) is 0 Å². The lowest BCUT2D eigenvalue weighted by Gasteiger charge is -1.96. The van der Waals surface area contributed by atoms with Gasteiger partial charge < -0.3 is 4.74 Å². The molecule has 1 heterocycles. The highest BCUT2D eigenvalue weighted by Crippen LogP contribution is 2.26. The van der Waals surface area contributed by atoms with E-state index in [0.29, 0.717) is 0 Å². The van der Waals surface area contributed by atoms with Crippen molar-refractivity contribution < 1.29 is 4.74 Å². The Hall–Kier alpha value is -1.35. The van der Waals surface area contributed by atoms with E-state index in [2.05, 4.69) is 17.6 Å². The summed E-state index contributed by atoms with van der Waals surface area (Å²) in [4.78, 5) is 4.63. The number of hydrogen-bond donors (Lipinski definition) is 0. The van der Waals surface area contributed by atoms with Crippen molar-refractivity contribution in [1.82, 2.24) is 4.98 Å². The summed E-state index contributed by atoms with van der Waals surface area (Å²) >= 11 is 1.78. The summed E-state index contributed by atoms with van der Waals surface area (Å²) in [5.74, 6) is 0.876. The molecule has 1 aromatic heterocycles. The molecule has 0 saturated heterocycles. The third-order valence-electron chi connectivity index (χ3n) is 2.69. The molecule has 3 heteroatoms. The number of allylic oxidation sites excluding steroid dienone is 1. The SMILES string of the molecule is C=CCCCCc1nc2cc(OC)ccc2s1. The fourth-order valence-corrected chi connectivity index (χ4v) is 2.74. The molecule has 0 N–H and O–H groups in total. The number of unbranched alkanes of at least 4 members (excludes halogenated alkanes) is 2. The van der Waals surface area contributed by atoms with Gasteiger partial charge >= 0.3 is 0 Å². The van der Waals surface area contributed by atoms with Crippen LogP contribution in [0.1, 0.15) is 24.3 Å². The minimum absolute atomic E-state index is 0.876. The van der Waals surface area contributed by atoms with E-state index in [4.69, 9.17) is 4.74 Å². The molecule has 0 unspecified atom stereocenters. The van der Waals surface area contributed by atoms with E-state index in [1.54, 1.807) is 18.4 Å². The van der Waals surface area contributed by atoms with Crippen molar-refractivity contribution in [3.63, 3.8) is 0 Å². The van der Waals surface area contributed by atoms with Crippen LogP contribution in [0.3, 0.4) is 0 Å². The van der Waals surface area contributed by atoms with Crippen molar-refractivity contribution in [2.24, 2.45) is 0 Å². The number of benzene rings is 1. The third-order valence-corrected chi connectivity index (χ3v) is 3.78. The summed E-state index contributed by atoms with van der Waals surface area (Å²) < 4.78 is 6.44. The first-order valence-electron chi connectivity index (χ1n) is 5.88. The minimum Gasteiger partial charge on any atom is -0.497 e. The molecular weight excluding hydrogens is 230 g/mol. The molecule has 2 nitrogen and oxygen atoms in total. The van der Waals surface area contributed by atoms with E-state index in [1.807, 2.05) is 18.2 Å². The molecule has 0 aliphatic carbocycles. The van der Waals surface area contributed by atoms with Gasteiger partial charge in [-0.1, -0.05) is 6.08 Å². The fourth-order valence-electron chi connectivity index (χ4n) is 1.75. The molecule has 2 rings (SSSR count). The Balaban J connectivity index is 2.06. The van der Waals surface area contributed by atoms with E-state index < -0.39 is 0 Å². The number of thiazole rings is 1. The predicted molar refractivity (Wildman–Crippen MR) is 73.9 cm³/mol. The van der Waals surface area contributed by atoms with Gasteiger partial charge in [0.25, 0.3) is 0 Å². The smallest absolute Gasteiger partial charge is 0.121 e. The van der Waals surface area contributed by atoms with Gasteiger partial charge in [-0.2, -0.15) is 0 Å². The van der Waals surface area contributed by atoms with Crippen LogP contribution in [0.4, 0.5) is 0 Å². The monoisotopic (exact) mass is 247 g/mol. The average Bonchev–Trinajstić information content (AvgIpc) is 2.76. The maximum Gasteiger partial charge on any atom is 0.121 e. The van der Waals surface area contributed by atoms with Crippen molar-refractivity contribution in [3.8, 4) is 5.75 Å². The highest BCUT2D eigenvalue weighted by molar-refractivity contribution is 7.18. The Morgan fingerprint density at radius 1 is 1.41 bits per heavy atom. The highest BCUT2D eigenvalue weighted by atomic mass is 32.1. The summed E-state index contributed by atoms with van der Waals surface area (Å²) in [5, 5.41) is 1.22. The van der Waals surface area contributed by atoms with Crippen LogP contribution in [0, 0.1) is 0 Å². The molecule has 2 aromatic rings. The lowest BCUT2D eigenvalue weighted by Crippen LogP contribution is -1.84. The molecule has 0 aliphatic rings. The van der Waals surface area contributed by atoms with Gasteiger partial charge in [-0.15, -0.1) is 17.9 Å². The number of rotatable bonds is 6. The third kappa shape index (κ3) is 3.07. The van der Waals surface area contributed by atoms with Crippen LogP contribution >= 0.6 is 11.3 Å². The maximum absolute atomic E-state index is 5.20. The van der Waals surface area contributed by atoms with Gasteiger partial charge in [-0.05, 0) is 37.8 Å². The highest BCUT2D eigenvalue weighted by Gasteiger charge is 2.04. The van der Waals surface area contributed by atoms with Crippen molar-refractivity contribution in [1.29, 1.82) is 0 Å². The van der Waals surface area contributed by atoms with Gasteiger partial charge in [0, 0.05) is 6.07 Å². The molecule has 0 amide bonds. The zero-order valence-corrected chi connectivity index (χ0v) is 10.9. The van der Waals surface area contributed by atoms with Crippen LogP contribution in [0.25, 0.3) is 10.2 Å². The van der Waals surface area contributed by atoms with Crippen LogP contribution < -0.4 is 4.74 Å². The van der Waals surface area contributed by atoms with E-state index in [9.17, 15) is 0 Å².